The molecule has 1 aliphatic heterocycles. The molecule has 1 heterocycles. The third-order valence-electron chi connectivity index (χ3n) is 3.32. The Balaban J connectivity index is 2.11. The summed E-state index contributed by atoms with van der Waals surface area (Å²) in [6.45, 7) is 5.17. The summed E-state index contributed by atoms with van der Waals surface area (Å²) in [6, 6.07) is 7.64. The van der Waals surface area contributed by atoms with Crippen molar-refractivity contribution in [2.45, 2.75) is 25.5 Å². The largest absolute Gasteiger partial charge is 0.496 e. The van der Waals surface area contributed by atoms with Crippen molar-refractivity contribution >= 4 is 5.91 Å². The Morgan fingerprint density at radius 3 is 2.75 bits per heavy atom. The molecule has 0 spiro atoms. The molecule has 1 unspecified atom stereocenters. The quantitative estimate of drug-likeness (QED) is 0.906. The minimum atomic E-state index is -0.551. The molecule has 2 rings (SSSR count). The van der Waals surface area contributed by atoms with Crippen LogP contribution in [-0.2, 0) is 19.8 Å². The number of hydrogen-bond acceptors (Lipinski definition) is 4. The van der Waals surface area contributed by atoms with E-state index in [2.05, 4.69) is 5.32 Å². The fraction of sp³-hybridized carbons (Fsp3) is 0.533. The van der Waals surface area contributed by atoms with E-state index in [1.807, 2.05) is 38.1 Å². The van der Waals surface area contributed by atoms with E-state index in [0.717, 1.165) is 11.3 Å². The summed E-state index contributed by atoms with van der Waals surface area (Å²) in [7, 11) is 1.62. The molecule has 1 atom stereocenters. The Morgan fingerprint density at radius 1 is 1.35 bits per heavy atom. The molecule has 1 aliphatic rings. The molecular formula is C15H21NO4. The van der Waals surface area contributed by atoms with Crippen molar-refractivity contribution < 1.29 is 19.0 Å². The predicted molar refractivity (Wildman–Crippen MR) is 74.7 cm³/mol. The van der Waals surface area contributed by atoms with Gasteiger partial charge in [-0.1, -0.05) is 18.2 Å². The predicted octanol–water partition coefficient (Wildman–Crippen LogP) is 1.46. The van der Waals surface area contributed by atoms with Crippen molar-refractivity contribution in [2.24, 2.45) is 0 Å². The number of rotatable bonds is 4. The number of carbonyl (C=O) groups is 1. The molecule has 1 amide bonds. The first-order valence-corrected chi connectivity index (χ1v) is 6.69. The Labute approximate surface area is 119 Å². The number of para-hydroxylation sites is 1. The summed E-state index contributed by atoms with van der Waals surface area (Å²) in [4.78, 5) is 12.2. The second-order valence-corrected chi connectivity index (χ2v) is 5.25. The molecule has 0 aromatic heterocycles. The molecule has 20 heavy (non-hydrogen) atoms. The van der Waals surface area contributed by atoms with Gasteiger partial charge in [0.25, 0.3) is 5.91 Å². The van der Waals surface area contributed by atoms with Crippen LogP contribution in [0, 0.1) is 0 Å². The molecule has 1 fully saturated rings. The monoisotopic (exact) mass is 279 g/mol. The van der Waals surface area contributed by atoms with Gasteiger partial charge < -0.3 is 19.5 Å². The van der Waals surface area contributed by atoms with Gasteiger partial charge in [-0.3, -0.25) is 4.79 Å². The maximum Gasteiger partial charge on any atom is 0.252 e. The highest BCUT2D eigenvalue weighted by molar-refractivity contribution is 5.82. The first-order valence-electron chi connectivity index (χ1n) is 6.69. The normalized spacial score (nSPS) is 19.4. The molecule has 1 saturated heterocycles. The molecule has 5 nitrogen and oxygen atoms in total. The van der Waals surface area contributed by atoms with Gasteiger partial charge in [-0.2, -0.15) is 0 Å². The minimum Gasteiger partial charge on any atom is -0.496 e. The van der Waals surface area contributed by atoms with E-state index >= 15 is 0 Å². The average molecular weight is 279 g/mol. The number of amides is 1. The molecule has 110 valence electrons. The third kappa shape index (κ3) is 3.29. The topological polar surface area (TPSA) is 56.8 Å². The lowest BCUT2D eigenvalue weighted by Crippen LogP contribution is -2.49. The van der Waals surface area contributed by atoms with Crippen LogP contribution in [0.5, 0.6) is 5.75 Å². The lowest BCUT2D eigenvalue weighted by atomic mass is 9.93. The number of nitrogens with one attached hydrogen (secondary N) is 1. The van der Waals surface area contributed by atoms with Crippen LogP contribution in [0.2, 0.25) is 0 Å². The summed E-state index contributed by atoms with van der Waals surface area (Å²) in [5, 5.41) is 2.99. The van der Waals surface area contributed by atoms with Crippen LogP contribution in [0.15, 0.2) is 24.3 Å². The molecule has 1 aromatic rings. The van der Waals surface area contributed by atoms with Gasteiger partial charge in [0.05, 0.1) is 32.5 Å². The third-order valence-corrected chi connectivity index (χ3v) is 3.32. The van der Waals surface area contributed by atoms with Crippen molar-refractivity contribution in [1.29, 1.82) is 0 Å². The van der Waals surface area contributed by atoms with Gasteiger partial charge in [0.15, 0.2) is 6.10 Å². The van der Waals surface area contributed by atoms with Gasteiger partial charge in [0, 0.05) is 5.56 Å². The van der Waals surface area contributed by atoms with Crippen molar-refractivity contribution in [3.8, 4) is 5.75 Å². The van der Waals surface area contributed by atoms with Crippen LogP contribution in [0.3, 0.4) is 0 Å². The van der Waals surface area contributed by atoms with E-state index in [1.165, 1.54) is 0 Å². The number of ether oxygens (including phenoxy) is 3. The number of methoxy groups -OCH3 is 1. The van der Waals surface area contributed by atoms with E-state index in [4.69, 9.17) is 14.2 Å². The van der Waals surface area contributed by atoms with Crippen LogP contribution in [-0.4, -0.2) is 38.9 Å². The summed E-state index contributed by atoms with van der Waals surface area (Å²) >= 11 is 0. The zero-order valence-corrected chi connectivity index (χ0v) is 12.1. The first-order chi connectivity index (χ1) is 9.54. The van der Waals surface area contributed by atoms with Gasteiger partial charge in [0.1, 0.15) is 5.75 Å². The van der Waals surface area contributed by atoms with Crippen molar-refractivity contribution in [2.75, 3.05) is 26.9 Å². The van der Waals surface area contributed by atoms with E-state index < -0.39 is 11.6 Å². The first kappa shape index (κ1) is 14.8. The second kappa shape index (κ2) is 6.24. The standard InChI is InChI=1S/C15H21NO4/c1-15(2,11-6-4-5-7-12(11)18-3)16-14(17)13-10-19-8-9-20-13/h4-7,13H,8-10H2,1-3H3,(H,16,17). The fourth-order valence-electron chi connectivity index (χ4n) is 2.26. The highest BCUT2D eigenvalue weighted by Gasteiger charge is 2.31. The lowest BCUT2D eigenvalue weighted by molar-refractivity contribution is -0.149. The van der Waals surface area contributed by atoms with Gasteiger partial charge >= 0.3 is 0 Å². The Kier molecular flexibility index (Phi) is 4.62. The summed E-state index contributed by atoms with van der Waals surface area (Å²) < 4.78 is 16.0. The summed E-state index contributed by atoms with van der Waals surface area (Å²) in [6.07, 6.45) is -0.544. The lowest BCUT2D eigenvalue weighted by Gasteiger charge is -2.31. The van der Waals surface area contributed by atoms with Crippen molar-refractivity contribution in [3.05, 3.63) is 29.8 Å². The van der Waals surface area contributed by atoms with Gasteiger partial charge in [-0.05, 0) is 19.9 Å². The zero-order chi connectivity index (χ0) is 14.6. The molecule has 0 saturated carbocycles. The minimum absolute atomic E-state index is 0.166. The van der Waals surface area contributed by atoms with Gasteiger partial charge in [-0.25, -0.2) is 0 Å². The highest BCUT2D eigenvalue weighted by Crippen LogP contribution is 2.29. The van der Waals surface area contributed by atoms with E-state index in [-0.39, 0.29) is 5.91 Å². The number of carbonyl (C=O) groups excluding carboxylic acids is 1. The van der Waals surface area contributed by atoms with Crippen LogP contribution < -0.4 is 10.1 Å². The van der Waals surface area contributed by atoms with Crippen LogP contribution in [0.25, 0.3) is 0 Å². The Bertz CT molecular complexity index is 467. The number of benzene rings is 1. The molecule has 0 radical (unpaired) electrons. The SMILES string of the molecule is COc1ccccc1C(C)(C)NC(=O)C1COCCO1. The molecule has 1 N–H and O–H groups in total. The maximum absolute atomic E-state index is 12.2. The molecular weight excluding hydrogens is 258 g/mol. The fourth-order valence-corrected chi connectivity index (χ4v) is 2.26. The molecule has 1 aromatic carbocycles. The van der Waals surface area contributed by atoms with Gasteiger partial charge in [0.2, 0.25) is 0 Å². The zero-order valence-electron chi connectivity index (χ0n) is 12.1. The maximum atomic E-state index is 12.2. The van der Waals surface area contributed by atoms with E-state index in [1.54, 1.807) is 7.11 Å². The summed E-state index contributed by atoms with van der Waals surface area (Å²) in [5.41, 5.74) is 0.373. The highest BCUT2D eigenvalue weighted by atomic mass is 16.6. The van der Waals surface area contributed by atoms with E-state index in [9.17, 15) is 4.79 Å². The van der Waals surface area contributed by atoms with Crippen LogP contribution in [0.1, 0.15) is 19.4 Å². The average Bonchev–Trinajstić information content (AvgIpc) is 2.47. The van der Waals surface area contributed by atoms with Crippen molar-refractivity contribution in [3.63, 3.8) is 0 Å². The Morgan fingerprint density at radius 2 is 2.10 bits per heavy atom. The number of hydrogen-bond donors (Lipinski definition) is 1. The second-order valence-electron chi connectivity index (χ2n) is 5.25. The molecule has 5 heteroatoms. The summed E-state index contributed by atoms with van der Waals surface area (Å²) in [5.74, 6) is 0.583. The molecule has 0 bridgehead atoms. The molecule has 0 aliphatic carbocycles. The van der Waals surface area contributed by atoms with Crippen molar-refractivity contribution in [1.82, 2.24) is 5.32 Å². The van der Waals surface area contributed by atoms with Crippen LogP contribution in [0.4, 0.5) is 0 Å². The van der Waals surface area contributed by atoms with E-state index in [0.29, 0.717) is 19.8 Å². The van der Waals surface area contributed by atoms with Gasteiger partial charge in [-0.15, -0.1) is 0 Å². The smallest absolute Gasteiger partial charge is 0.252 e. The Hall–Kier alpha value is -1.59. The van der Waals surface area contributed by atoms with Crippen LogP contribution >= 0.6 is 0 Å².